The first kappa shape index (κ1) is 26.6. The van der Waals surface area contributed by atoms with Crippen LogP contribution in [0.4, 0.5) is 4.32 Å². The lowest BCUT2D eigenvalue weighted by Gasteiger charge is -2.22. The van der Waals surface area contributed by atoms with Gasteiger partial charge < -0.3 is 33.8 Å². The van der Waals surface area contributed by atoms with Gasteiger partial charge in [-0.15, -0.1) is 0 Å². The Labute approximate surface area is 159 Å². The monoisotopic (exact) mass is 492 g/mol. The van der Waals surface area contributed by atoms with Crippen LogP contribution in [0.3, 0.4) is 0 Å². The Hall–Kier alpha value is 0.605. The van der Waals surface area contributed by atoms with Gasteiger partial charge in [0.05, 0.1) is 12.7 Å². The molecule has 0 bridgehead atoms. The minimum absolute atomic E-state index is 0.0173. The maximum atomic E-state index is 12.0. The van der Waals surface area contributed by atoms with Gasteiger partial charge >= 0.3 is 45.9 Å². The second-order valence-electron chi connectivity index (χ2n) is 5.25. The fraction of sp³-hybridized carbons (Fsp3) is 1.00. The molecule has 5 N–H and O–H groups in total. The summed E-state index contributed by atoms with van der Waals surface area (Å²) < 4.78 is 83.4. The summed E-state index contributed by atoms with van der Waals surface area (Å²) in [6, 6.07) is -0.583. The SMILES string of the molecule is B[C@H]1C[C@H](OP(=O)(O)OBF)[C@@H](COP(=O)(O)OP(=O)(O)OP(=O)(O)BO)O1. The standard InChI is InChI=1S/C5H16B3FO15P4/c6-5-1-3(21-27(15,16)22-7-9)4(20-5)2-19-26(13,14)24-28(17,18)23-25(11,12)8-10/h3-5,7-8,10H,1-2,6H2,(H,11,12)(H,13,14)(H,15,16)(H,17,18)/t3-,4+,5+/m0/s1. The summed E-state index contributed by atoms with van der Waals surface area (Å²) in [5, 5.41) is 8.49. The van der Waals surface area contributed by atoms with E-state index in [2.05, 4.69) is 22.1 Å². The van der Waals surface area contributed by atoms with Crippen LogP contribution in [0.5, 0.6) is 0 Å². The van der Waals surface area contributed by atoms with Crippen LogP contribution in [-0.2, 0) is 45.1 Å². The smallest absolute Gasteiger partial charge is 0.443 e. The Morgan fingerprint density at radius 1 is 1.07 bits per heavy atom. The highest BCUT2D eigenvalue weighted by atomic mass is 31.3. The molecule has 0 spiro atoms. The lowest BCUT2D eigenvalue weighted by Crippen LogP contribution is -2.28. The molecule has 0 aromatic rings. The van der Waals surface area contributed by atoms with E-state index in [9.17, 15) is 37.3 Å². The summed E-state index contributed by atoms with van der Waals surface area (Å²) in [5.74, 6) is 0. The summed E-state index contributed by atoms with van der Waals surface area (Å²) in [4.78, 5) is 36.8. The Morgan fingerprint density at radius 2 is 1.68 bits per heavy atom. The molecule has 1 saturated heterocycles. The minimum atomic E-state index is -5.61. The fourth-order valence-electron chi connectivity index (χ4n) is 1.96. The molecule has 1 aliphatic heterocycles. The van der Waals surface area contributed by atoms with Crippen molar-refractivity contribution < 1.29 is 74.0 Å². The van der Waals surface area contributed by atoms with Crippen LogP contribution in [0.25, 0.3) is 0 Å². The Kier molecular flexibility index (Phi) is 9.78. The molecule has 0 aromatic heterocycles. The summed E-state index contributed by atoms with van der Waals surface area (Å²) >= 11 is 0. The van der Waals surface area contributed by atoms with Crippen LogP contribution >= 0.6 is 30.9 Å². The van der Waals surface area contributed by atoms with E-state index < -0.39 is 70.7 Å². The molecule has 162 valence electrons. The van der Waals surface area contributed by atoms with Crippen molar-refractivity contribution >= 4 is 53.7 Å². The predicted molar refractivity (Wildman–Crippen MR) is 92.8 cm³/mol. The molecule has 4 unspecified atom stereocenters. The first-order valence-electron chi connectivity index (χ1n) is 7.13. The van der Waals surface area contributed by atoms with Gasteiger partial charge in [0.2, 0.25) is 0 Å². The molecule has 23 heteroatoms. The summed E-state index contributed by atoms with van der Waals surface area (Å²) in [6.07, 6.45) is -2.54. The van der Waals surface area contributed by atoms with Crippen molar-refractivity contribution in [1.29, 1.82) is 0 Å². The fourth-order valence-corrected chi connectivity index (χ4v) is 6.16. The molecule has 1 aliphatic rings. The number of ether oxygens (including phenoxy) is 1. The van der Waals surface area contributed by atoms with E-state index in [1.807, 2.05) is 0 Å². The highest BCUT2D eigenvalue weighted by molar-refractivity contribution is 7.85. The molecule has 0 amide bonds. The van der Waals surface area contributed by atoms with E-state index in [4.69, 9.17) is 14.7 Å². The predicted octanol–water partition coefficient (Wildman–Crippen LogP) is -1.83. The molecular formula is C5H16B3FO15P4. The second kappa shape index (κ2) is 10.3. The average Bonchev–Trinajstić information content (AvgIpc) is 2.81. The third-order valence-corrected chi connectivity index (χ3v) is 8.18. The summed E-state index contributed by atoms with van der Waals surface area (Å²) in [6.45, 7) is -0.880. The number of halogens is 1. The lowest BCUT2D eigenvalue weighted by molar-refractivity contribution is -0.00358. The second-order valence-corrected chi connectivity index (χ2v) is 11.6. The van der Waals surface area contributed by atoms with Crippen LogP contribution in [0.1, 0.15) is 6.42 Å². The zero-order chi connectivity index (χ0) is 21.8. The molecule has 1 fully saturated rings. The molecule has 0 aliphatic carbocycles. The van der Waals surface area contributed by atoms with Crippen LogP contribution < -0.4 is 0 Å². The van der Waals surface area contributed by atoms with Crippen molar-refractivity contribution in [2.24, 2.45) is 0 Å². The Bertz CT molecular complexity index is 722. The first-order chi connectivity index (χ1) is 12.6. The van der Waals surface area contributed by atoms with Gasteiger partial charge in [-0.05, 0) is 6.42 Å². The average molecular weight is 491 g/mol. The quantitative estimate of drug-likeness (QED) is 0.149. The minimum Gasteiger partial charge on any atom is -0.443 e. The van der Waals surface area contributed by atoms with Gasteiger partial charge in [-0.2, -0.15) is 4.31 Å². The Morgan fingerprint density at radius 3 is 2.21 bits per heavy atom. The van der Waals surface area contributed by atoms with E-state index in [1.165, 1.54) is 7.85 Å². The van der Waals surface area contributed by atoms with E-state index >= 15 is 0 Å². The summed E-state index contributed by atoms with van der Waals surface area (Å²) in [7, 11) is -22.5. The molecular weight excluding hydrogens is 475 g/mol. The van der Waals surface area contributed by atoms with Gasteiger partial charge in [-0.3, -0.25) is 17.9 Å². The number of hydrogen-bond donors (Lipinski definition) is 5. The molecule has 1 rings (SSSR count). The zero-order valence-corrected chi connectivity index (χ0v) is 17.6. The number of hydrogen-bond acceptors (Lipinski definition) is 11. The van der Waals surface area contributed by atoms with Gasteiger partial charge in [0.15, 0.2) is 0 Å². The Balaban J connectivity index is 2.71. The van der Waals surface area contributed by atoms with Gasteiger partial charge in [0.1, 0.15) is 14.0 Å². The first-order valence-corrected chi connectivity index (χ1v) is 13.4. The van der Waals surface area contributed by atoms with Crippen LogP contribution in [0, 0.1) is 0 Å². The molecule has 15 nitrogen and oxygen atoms in total. The zero-order valence-electron chi connectivity index (χ0n) is 14.0. The van der Waals surface area contributed by atoms with Gasteiger partial charge in [-0.1, -0.05) is 0 Å². The van der Waals surface area contributed by atoms with Gasteiger partial charge in [0.25, 0.3) is 0 Å². The third kappa shape index (κ3) is 9.61. The van der Waals surface area contributed by atoms with Crippen LogP contribution in [-0.4, -0.2) is 72.2 Å². The number of phosphoric ester groups is 2. The van der Waals surface area contributed by atoms with E-state index in [1.54, 1.807) is 0 Å². The number of rotatable bonds is 12. The molecule has 1 heterocycles. The molecule has 7 atom stereocenters. The highest BCUT2D eigenvalue weighted by Gasteiger charge is 2.44. The van der Waals surface area contributed by atoms with E-state index in [-0.39, 0.29) is 6.42 Å². The van der Waals surface area contributed by atoms with E-state index in [0.717, 1.165) is 0 Å². The van der Waals surface area contributed by atoms with E-state index in [0.29, 0.717) is 0 Å². The molecule has 0 aromatic carbocycles. The van der Waals surface area contributed by atoms with Crippen molar-refractivity contribution in [3.8, 4) is 0 Å². The molecule has 0 radical (unpaired) electrons. The molecule has 28 heavy (non-hydrogen) atoms. The van der Waals surface area contributed by atoms with Gasteiger partial charge in [0, 0.05) is 6.00 Å². The molecule has 0 saturated carbocycles. The van der Waals surface area contributed by atoms with Crippen molar-refractivity contribution in [3.63, 3.8) is 0 Å². The maximum Gasteiger partial charge on any atom is 0.490 e. The largest absolute Gasteiger partial charge is 0.490 e. The highest BCUT2D eigenvalue weighted by Crippen LogP contribution is 2.66. The normalized spacial score (nSPS) is 31.1. The van der Waals surface area contributed by atoms with Crippen LogP contribution in [0.15, 0.2) is 0 Å². The topological polar surface area (TPSA) is 225 Å². The maximum absolute atomic E-state index is 12.0. The third-order valence-electron chi connectivity index (χ3n) is 2.88. The van der Waals surface area contributed by atoms with Gasteiger partial charge in [-0.25, -0.2) is 18.0 Å². The van der Waals surface area contributed by atoms with Crippen molar-refractivity contribution in [3.05, 3.63) is 0 Å². The van der Waals surface area contributed by atoms with Crippen molar-refractivity contribution in [1.82, 2.24) is 0 Å². The van der Waals surface area contributed by atoms with Crippen LogP contribution in [0.2, 0.25) is 0 Å². The lowest BCUT2D eigenvalue weighted by atomic mass is 9.96. The summed E-state index contributed by atoms with van der Waals surface area (Å²) in [5.41, 5.74) is 0. The van der Waals surface area contributed by atoms with Crippen molar-refractivity contribution in [2.45, 2.75) is 24.6 Å². The van der Waals surface area contributed by atoms with Crippen molar-refractivity contribution in [2.75, 3.05) is 6.61 Å². The number of phosphoric acid groups is 3.